The van der Waals surface area contributed by atoms with Crippen LogP contribution in [0.1, 0.15) is 22.8 Å². The molecule has 2 aromatic rings. The first-order chi connectivity index (χ1) is 12.8. The van der Waals surface area contributed by atoms with Crippen LogP contribution >= 0.6 is 27.5 Å². The predicted molar refractivity (Wildman–Crippen MR) is 108 cm³/mol. The van der Waals surface area contributed by atoms with Gasteiger partial charge in [0.05, 0.1) is 30.5 Å². The van der Waals surface area contributed by atoms with Crippen molar-refractivity contribution in [3.8, 4) is 11.5 Å². The van der Waals surface area contributed by atoms with Crippen LogP contribution in [0.2, 0.25) is 5.02 Å². The zero-order valence-corrected chi connectivity index (χ0v) is 17.1. The average molecular weight is 455 g/mol. The van der Waals surface area contributed by atoms with E-state index in [9.17, 15) is 14.7 Å². The quantitative estimate of drug-likeness (QED) is 0.609. The molecule has 0 aliphatic heterocycles. The minimum Gasteiger partial charge on any atom is -0.493 e. The van der Waals surface area contributed by atoms with Gasteiger partial charge in [-0.3, -0.25) is 4.79 Å². The molecule has 0 bridgehead atoms. The van der Waals surface area contributed by atoms with E-state index in [1.54, 1.807) is 19.1 Å². The lowest BCUT2D eigenvalue weighted by Gasteiger charge is -2.13. The van der Waals surface area contributed by atoms with Gasteiger partial charge in [0.25, 0.3) is 0 Å². The summed E-state index contributed by atoms with van der Waals surface area (Å²) >= 11 is 9.39. The number of carbonyl (C=O) groups excluding carboxylic acids is 1. The van der Waals surface area contributed by atoms with Crippen molar-refractivity contribution in [1.82, 2.24) is 0 Å². The van der Waals surface area contributed by atoms with Crippen LogP contribution < -0.4 is 14.8 Å². The number of methoxy groups -OCH3 is 2. The standard InChI is InChI=1S/C19H17BrClNO5/c1-10(11-4-5-13(20)14(21)7-11)6-18(23)22-15-9-17(27-3)16(26-2)8-12(15)19(24)25/h4-9H,1-3H3,(H,22,23)(H,24,25)/b10-6-. The lowest BCUT2D eigenvalue weighted by molar-refractivity contribution is -0.111. The zero-order valence-electron chi connectivity index (χ0n) is 14.8. The summed E-state index contributed by atoms with van der Waals surface area (Å²) in [4.78, 5) is 23.9. The molecule has 0 heterocycles. The number of carboxylic acids is 1. The van der Waals surface area contributed by atoms with E-state index in [0.717, 1.165) is 10.0 Å². The van der Waals surface area contributed by atoms with E-state index in [1.807, 2.05) is 6.07 Å². The Balaban J connectivity index is 2.33. The molecule has 2 rings (SSSR count). The van der Waals surface area contributed by atoms with Crippen LogP contribution in [0, 0.1) is 0 Å². The van der Waals surface area contributed by atoms with Crippen molar-refractivity contribution in [1.29, 1.82) is 0 Å². The molecule has 0 aliphatic rings. The molecule has 142 valence electrons. The lowest BCUT2D eigenvalue weighted by Crippen LogP contribution is -2.13. The van der Waals surface area contributed by atoms with Crippen molar-refractivity contribution >= 4 is 50.7 Å². The number of amides is 1. The van der Waals surface area contributed by atoms with Gasteiger partial charge in [0.1, 0.15) is 0 Å². The van der Waals surface area contributed by atoms with E-state index >= 15 is 0 Å². The van der Waals surface area contributed by atoms with Crippen molar-refractivity contribution < 1.29 is 24.2 Å². The summed E-state index contributed by atoms with van der Waals surface area (Å²) in [6, 6.07) is 8.02. The van der Waals surface area contributed by atoms with Crippen molar-refractivity contribution in [2.75, 3.05) is 19.5 Å². The summed E-state index contributed by atoms with van der Waals surface area (Å²) < 4.78 is 11.0. The Kier molecular flexibility index (Phi) is 6.87. The molecule has 0 unspecified atom stereocenters. The molecular formula is C19H17BrClNO5. The molecule has 1 amide bonds. The number of carbonyl (C=O) groups is 2. The van der Waals surface area contributed by atoms with Crippen LogP contribution in [0.4, 0.5) is 5.69 Å². The maximum atomic E-state index is 12.4. The van der Waals surface area contributed by atoms with Gasteiger partial charge in [-0.1, -0.05) is 17.7 Å². The molecule has 8 heteroatoms. The molecule has 0 fully saturated rings. The Labute approximate surface area is 169 Å². The molecule has 2 N–H and O–H groups in total. The van der Waals surface area contributed by atoms with Gasteiger partial charge >= 0.3 is 5.97 Å². The van der Waals surface area contributed by atoms with Gasteiger partial charge < -0.3 is 19.9 Å². The highest BCUT2D eigenvalue weighted by Gasteiger charge is 2.17. The third-order valence-electron chi connectivity index (χ3n) is 3.73. The molecule has 0 radical (unpaired) electrons. The number of allylic oxidation sites excluding steroid dienone is 1. The number of anilines is 1. The van der Waals surface area contributed by atoms with Crippen LogP contribution in [0.3, 0.4) is 0 Å². The number of benzene rings is 2. The number of aromatic carboxylic acids is 1. The fourth-order valence-electron chi connectivity index (χ4n) is 2.35. The smallest absolute Gasteiger partial charge is 0.337 e. The summed E-state index contributed by atoms with van der Waals surface area (Å²) in [6.07, 6.45) is 1.36. The van der Waals surface area contributed by atoms with Crippen LogP contribution in [0.15, 0.2) is 40.9 Å². The van der Waals surface area contributed by atoms with Gasteiger partial charge in [0, 0.05) is 22.7 Å². The van der Waals surface area contributed by atoms with E-state index in [0.29, 0.717) is 16.3 Å². The van der Waals surface area contributed by atoms with Gasteiger partial charge in [-0.25, -0.2) is 4.79 Å². The second kappa shape index (κ2) is 8.92. The third kappa shape index (κ3) is 5.02. The number of halogens is 2. The Morgan fingerprint density at radius 2 is 1.78 bits per heavy atom. The molecule has 0 aliphatic carbocycles. The van der Waals surface area contributed by atoms with Crippen LogP contribution in [-0.4, -0.2) is 31.2 Å². The lowest BCUT2D eigenvalue weighted by atomic mass is 10.1. The Morgan fingerprint density at radius 3 is 2.33 bits per heavy atom. The molecule has 0 spiro atoms. The maximum absolute atomic E-state index is 12.4. The van der Waals surface area contributed by atoms with E-state index < -0.39 is 11.9 Å². The minimum atomic E-state index is -1.20. The van der Waals surface area contributed by atoms with E-state index in [-0.39, 0.29) is 17.0 Å². The van der Waals surface area contributed by atoms with Crippen LogP contribution in [0.5, 0.6) is 11.5 Å². The Morgan fingerprint density at radius 1 is 1.15 bits per heavy atom. The highest BCUT2D eigenvalue weighted by atomic mass is 79.9. The average Bonchev–Trinajstić information content (AvgIpc) is 2.63. The monoisotopic (exact) mass is 453 g/mol. The summed E-state index contributed by atoms with van der Waals surface area (Å²) in [5.41, 5.74) is 1.42. The van der Waals surface area contributed by atoms with Gasteiger partial charge in [0.15, 0.2) is 11.5 Å². The highest BCUT2D eigenvalue weighted by Crippen LogP contribution is 2.33. The summed E-state index contributed by atoms with van der Waals surface area (Å²) in [7, 11) is 2.82. The molecule has 0 aromatic heterocycles. The van der Waals surface area contributed by atoms with Crippen LogP contribution in [0.25, 0.3) is 5.57 Å². The number of ether oxygens (including phenoxy) is 2. The first kappa shape index (κ1) is 20.8. The predicted octanol–water partition coefficient (Wildman–Crippen LogP) is 4.86. The van der Waals surface area contributed by atoms with E-state index in [1.165, 1.54) is 32.4 Å². The second-order valence-corrected chi connectivity index (χ2v) is 6.76. The van der Waals surface area contributed by atoms with Gasteiger partial charge in [-0.15, -0.1) is 0 Å². The molecule has 0 atom stereocenters. The normalized spacial score (nSPS) is 11.1. The molecule has 0 saturated carbocycles. The molecule has 2 aromatic carbocycles. The molecule has 6 nitrogen and oxygen atoms in total. The van der Waals surface area contributed by atoms with Crippen molar-refractivity contribution in [3.63, 3.8) is 0 Å². The SMILES string of the molecule is COc1cc(NC(=O)/C=C(/C)c2ccc(Br)c(Cl)c2)c(C(=O)O)cc1OC. The molecule has 27 heavy (non-hydrogen) atoms. The Bertz CT molecular complexity index is 927. The highest BCUT2D eigenvalue weighted by molar-refractivity contribution is 9.10. The number of hydrogen-bond donors (Lipinski definition) is 2. The van der Waals surface area contributed by atoms with E-state index in [2.05, 4.69) is 21.2 Å². The number of rotatable bonds is 6. The number of nitrogens with one attached hydrogen (secondary N) is 1. The molecular weight excluding hydrogens is 438 g/mol. The van der Waals surface area contributed by atoms with Gasteiger partial charge in [-0.05, 0) is 46.1 Å². The van der Waals surface area contributed by atoms with Crippen molar-refractivity contribution in [2.45, 2.75) is 6.92 Å². The number of carboxylic acid groups (broad SMARTS) is 1. The summed E-state index contributed by atoms with van der Waals surface area (Å²) in [5.74, 6) is -1.13. The van der Waals surface area contributed by atoms with Crippen molar-refractivity contribution in [2.24, 2.45) is 0 Å². The maximum Gasteiger partial charge on any atom is 0.337 e. The first-order valence-corrected chi connectivity index (χ1v) is 8.88. The summed E-state index contributed by atoms with van der Waals surface area (Å²) in [5, 5.41) is 12.5. The molecule has 0 saturated heterocycles. The van der Waals surface area contributed by atoms with Gasteiger partial charge in [-0.2, -0.15) is 0 Å². The fourth-order valence-corrected chi connectivity index (χ4v) is 2.78. The topological polar surface area (TPSA) is 84.9 Å². The fraction of sp³-hybridized carbons (Fsp3) is 0.158. The minimum absolute atomic E-state index is 0.100. The summed E-state index contributed by atoms with van der Waals surface area (Å²) in [6.45, 7) is 1.76. The van der Waals surface area contributed by atoms with Gasteiger partial charge in [0.2, 0.25) is 5.91 Å². The second-order valence-electron chi connectivity index (χ2n) is 5.50. The largest absolute Gasteiger partial charge is 0.493 e. The number of hydrogen-bond acceptors (Lipinski definition) is 4. The van der Waals surface area contributed by atoms with Crippen molar-refractivity contribution in [3.05, 3.63) is 57.0 Å². The van der Waals surface area contributed by atoms with Crippen LogP contribution in [-0.2, 0) is 4.79 Å². The van der Waals surface area contributed by atoms with E-state index in [4.69, 9.17) is 21.1 Å². The zero-order chi connectivity index (χ0) is 20.1. The third-order valence-corrected chi connectivity index (χ3v) is 4.97. The first-order valence-electron chi connectivity index (χ1n) is 7.70. The Hall–Kier alpha value is -2.51.